The first kappa shape index (κ1) is 46.6. The fourth-order valence-corrected chi connectivity index (χ4v) is 8.53. The molecule has 314 valence electrons. The predicted molar refractivity (Wildman–Crippen MR) is 280 cm³/mol. The normalized spacial score (nSPS) is 10.5. The summed E-state index contributed by atoms with van der Waals surface area (Å²) in [4.78, 5) is 0. The Kier molecular flexibility index (Phi) is 17.2. The summed E-state index contributed by atoms with van der Waals surface area (Å²) in [5.74, 6) is 0. The molecule has 0 aliphatic carbocycles. The second-order valence-corrected chi connectivity index (χ2v) is 20.3. The monoisotopic (exact) mass is 960 g/mol. The van der Waals surface area contributed by atoms with Crippen molar-refractivity contribution in [1.82, 2.24) is 0 Å². The minimum atomic E-state index is -0.826. The van der Waals surface area contributed by atoms with Gasteiger partial charge in [0.1, 0.15) is 0 Å². The molecule has 10 rings (SSSR count). The average molecular weight is 963 g/mol. The van der Waals surface area contributed by atoms with Gasteiger partial charge in [0, 0.05) is 9.52 Å². The molecule has 0 nitrogen and oxygen atoms in total. The van der Waals surface area contributed by atoms with E-state index in [1.165, 1.54) is 99.4 Å². The van der Waals surface area contributed by atoms with Crippen LogP contribution in [0.25, 0.3) is 88.3 Å². The molecule has 0 bridgehead atoms. The third-order valence-corrected chi connectivity index (χ3v) is 11.4. The van der Waals surface area contributed by atoms with Gasteiger partial charge in [-0.05, 0) is 68.5 Å². The molecule has 0 heterocycles. The van der Waals surface area contributed by atoms with Gasteiger partial charge in [0.25, 0.3) is 0 Å². The van der Waals surface area contributed by atoms with Gasteiger partial charge in [-0.2, -0.15) is 12.1 Å². The van der Waals surface area contributed by atoms with Gasteiger partial charge >= 0.3 is 37.9 Å². The van der Waals surface area contributed by atoms with Crippen LogP contribution in [0.15, 0.2) is 218 Å². The van der Waals surface area contributed by atoms with E-state index in [2.05, 4.69) is 245 Å². The van der Waals surface area contributed by atoms with Gasteiger partial charge in [-0.15, -0.1) is 56.9 Å². The number of halogens is 2. The number of aryl methyl sites for hydroxylation is 2. The summed E-state index contributed by atoms with van der Waals surface area (Å²) in [6, 6.07) is 79.0. The maximum absolute atomic E-state index is 4.93. The van der Waals surface area contributed by atoms with Crippen LogP contribution in [0, 0.1) is 0 Å². The van der Waals surface area contributed by atoms with E-state index in [0.717, 1.165) is 22.4 Å². The molecule has 0 fully saturated rings. The van der Waals surface area contributed by atoms with Crippen molar-refractivity contribution in [3.63, 3.8) is 0 Å². The second-order valence-electron chi connectivity index (χ2n) is 15.5. The molecule has 0 N–H and O–H groups in total. The van der Waals surface area contributed by atoms with E-state index in [1.54, 1.807) is 0 Å². The molecule has 10 aromatic rings. The van der Waals surface area contributed by atoms with Crippen LogP contribution in [0.4, 0.5) is 0 Å². The van der Waals surface area contributed by atoms with E-state index < -0.39 is 20.8 Å². The first-order valence-electron chi connectivity index (χ1n) is 21.9. The quantitative estimate of drug-likeness (QED) is 0.105. The van der Waals surface area contributed by atoms with Crippen LogP contribution in [0.5, 0.6) is 0 Å². The number of benzene rings is 8. The number of hydrogen-bond donors (Lipinski definition) is 0. The van der Waals surface area contributed by atoms with Crippen molar-refractivity contribution >= 4 is 48.1 Å². The summed E-state index contributed by atoms with van der Waals surface area (Å²) in [6.07, 6.45) is 2.10. The van der Waals surface area contributed by atoms with E-state index >= 15 is 0 Å². The Hall–Kier alpha value is -5.34. The van der Waals surface area contributed by atoms with Gasteiger partial charge in [-0.3, -0.25) is 0 Å². The third-order valence-electron chi connectivity index (χ3n) is 11.4. The van der Waals surface area contributed by atoms with Crippen LogP contribution in [0.2, 0.25) is 13.1 Å². The zero-order valence-corrected chi connectivity index (χ0v) is 41.9. The Morgan fingerprint density at radius 2 is 0.641 bits per heavy atom. The average Bonchev–Trinajstić information content (AvgIpc) is 4.00. The molecule has 4 heteroatoms. The molecule has 0 saturated heterocycles. The van der Waals surface area contributed by atoms with Crippen molar-refractivity contribution in [2.24, 2.45) is 0 Å². The van der Waals surface area contributed by atoms with E-state index in [1.807, 2.05) is 0 Å². The van der Waals surface area contributed by atoms with E-state index in [9.17, 15) is 0 Å². The fourth-order valence-electron chi connectivity index (χ4n) is 8.53. The first-order chi connectivity index (χ1) is 31.5. The fraction of sp³-hybridized carbons (Fsp3) is 0.100. The molecule has 0 amide bonds. The Labute approximate surface area is 401 Å². The minimum absolute atomic E-state index is 0.826. The molecule has 10 aromatic carbocycles. The number of rotatable bonds is 8. The molecule has 0 aliphatic rings. The molecular weight excluding hydrogens is 911 g/mol. The summed E-state index contributed by atoms with van der Waals surface area (Å²) in [5, 5.41) is 5.32. The van der Waals surface area contributed by atoms with Crippen molar-refractivity contribution < 1.29 is 20.8 Å². The molecule has 0 aliphatic heterocycles. The molecule has 0 spiro atoms. The Balaban J connectivity index is 0.000000171. The van der Waals surface area contributed by atoms with Crippen LogP contribution in [-0.2, 0) is 33.7 Å². The Morgan fingerprint density at radius 3 is 0.938 bits per heavy atom. The van der Waals surface area contributed by atoms with Gasteiger partial charge < -0.3 is 0 Å². The summed E-state index contributed by atoms with van der Waals surface area (Å²) in [7, 11) is 11.0. The van der Waals surface area contributed by atoms with Gasteiger partial charge in [0.2, 0.25) is 0 Å². The molecular formula is C60H52Cl2SiZr. The van der Waals surface area contributed by atoms with Crippen molar-refractivity contribution in [2.45, 2.75) is 39.8 Å². The standard InChI is InChI=1S/2C29H23.C2H6Si.2ClH.Zr/c2*1-2-21-19-24-17-18-26(23-13-7-4-8-14-23)29(28(24)20-21)27-16-10-9-15-25(27)22-11-5-3-6-12-22;1-3-2;;;/h2*3-20H,2H2,1H3;1-2H3;2*1H;/q2*-1;;;;+4/p-2. The van der Waals surface area contributed by atoms with Crippen LogP contribution in [-0.4, -0.2) is 9.52 Å². The molecule has 2 radical (unpaired) electrons. The molecule has 0 aromatic heterocycles. The van der Waals surface area contributed by atoms with Gasteiger partial charge in [-0.1, -0.05) is 220 Å². The predicted octanol–water partition coefficient (Wildman–Crippen LogP) is 18.4. The van der Waals surface area contributed by atoms with Crippen LogP contribution in [0.3, 0.4) is 0 Å². The van der Waals surface area contributed by atoms with Crippen LogP contribution < -0.4 is 0 Å². The summed E-state index contributed by atoms with van der Waals surface area (Å²) >= 11 is -0.826. The number of fused-ring (bicyclic) bond motifs is 2. The topological polar surface area (TPSA) is 0 Å². The molecule has 64 heavy (non-hydrogen) atoms. The van der Waals surface area contributed by atoms with Crippen LogP contribution >= 0.6 is 17.0 Å². The van der Waals surface area contributed by atoms with E-state index in [-0.39, 0.29) is 0 Å². The van der Waals surface area contributed by atoms with Crippen molar-refractivity contribution in [3.8, 4) is 66.8 Å². The van der Waals surface area contributed by atoms with Crippen molar-refractivity contribution in [3.05, 3.63) is 230 Å². The summed E-state index contributed by atoms with van der Waals surface area (Å²) in [6.45, 7) is 8.76. The third kappa shape index (κ3) is 10.9. The van der Waals surface area contributed by atoms with E-state index in [4.69, 9.17) is 17.0 Å². The Morgan fingerprint density at radius 1 is 0.375 bits per heavy atom. The van der Waals surface area contributed by atoms with Crippen molar-refractivity contribution in [2.75, 3.05) is 0 Å². The summed E-state index contributed by atoms with van der Waals surface area (Å²) < 4.78 is 0. The zero-order chi connectivity index (χ0) is 44.7. The van der Waals surface area contributed by atoms with Crippen LogP contribution in [0.1, 0.15) is 25.0 Å². The molecule has 0 atom stereocenters. The maximum atomic E-state index is 4.93. The SMILES string of the molecule is CCc1cc2c(-c3ccccc3-c3ccccc3)c(-c3ccccc3)ccc2[cH-]1.CCc1cc2c(-c3ccccc3-c3ccccc3)c(-c3ccccc3)ccc2[cH-]1.C[Si]C.[Cl][Zr+2][Cl]. The van der Waals surface area contributed by atoms with Crippen molar-refractivity contribution in [1.29, 1.82) is 0 Å². The number of hydrogen-bond acceptors (Lipinski definition) is 0. The van der Waals surface area contributed by atoms with E-state index in [0.29, 0.717) is 0 Å². The van der Waals surface area contributed by atoms with Gasteiger partial charge in [0.15, 0.2) is 0 Å². The zero-order valence-electron chi connectivity index (χ0n) is 37.0. The first-order valence-corrected chi connectivity index (χ1v) is 30.3. The summed E-state index contributed by atoms with van der Waals surface area (Å²) in [5.41, 5.74) is 18.2. The second kappa shape index (κ2) is 23.5. The molecule has 0 unspecified atom stereocenters. The Bertz CT molecular complexity index is 2780. The van der Waals surface area contributed by atoms with Gasteiger partial charge in [0.05, 0.1) is 0 Å². The molecule has 0 saturated carbocycles. The van der Waals surface area contributed by atoms with Gasteiger partial charge in [-0.25, -0.2) is 0 Å².